The number of amides is 1. The number of carboxylic acid groups (broad SMARTS) is 1. The van der Waals surface area contributed by atoms with Crippen LogP contribution >= 0.6 is 15.9 Å². The molecule has 0 aliphatic rings. The monoisotopic (exact) mass is 334 g/mol. The van der Waals surface area contributed by atoms with Gasteiger partial charge in [0.2, 0.25) is 0 Å². The molecule has 1 aromatic carbocycles. The summed E-state index contributed by atoms with van der Waals surface area (Å²) in [6.07, 6.45) is 1.31. The maximum absolute atomic E-state index is 12.1. The van der Waals surface area contributed by atoms with Gasteiger partial charge >= 0.3 is 5.97 Å². The van der Waals surface area contributed by atoms with Gasteiger partial charge in [0.25, 0.3) is 5.91 Å². The minimum Gasteiger partial charge on any atom is -0.477 e. The molecule has 1 amide bonds. The molecule has 102 valence electrons. The number of carbonyl (C=O) groups excluding carboxylic acids is 1. The van der Waals surface area contributed by atoms with Gasteiger partial charge in [-0.05, 0) is 36.8 Å². The lowest BCUT2D eigenvalue weighted by Gasteiger charge is -2.08. The lowest BCUT2D eigenvalue weighted by atomic mass is 10.1. The van der Waals surface area contributed by atoms with Crippen LogP contribution in [0.5, 0.6) is 0 Å². The fourth-order valence-electron chi connectivity index (χ4n) is 1.65. The predicted molar refractivity (Wildman–Crippen MR) is 78.0 cm³/mol. The van der Waals surface area contributed by atoms with E-state index in [1.807, 2.05) is 13.0 Å². The second-order valence-corrected chi connectivity index (χ2v) is 4.96. The van der Waals surface area contributed by atoms with Crippen LogP contribution in [0.15, 0.2) is 41.0 Å². The van der Waals surface area contributed by atoms with Crippen LogP contribution in [0.1, 0.15) is 26.4 Å². The zero-order valence-electron chi connectivity index (χ0n) is 10.6. The molecule has 0 saturated heterocycles. The Hall–Kier alpha value is -2.21. The maximum atomic E-state index is 12.1. The number of nitrogens with one attached hydrogen (secondary N) is 1. The number of carbonyl (C=O) groups is 2. The van der Waals surface area contributed by atoms with Gasteiger partial charge in [0, 0.05) is 10.0 Å². The summed E-state index contributed by atoms with van der Waals surface area (Å²) in [5.74, 6) is -1.38. The van der Waals surface area contributed by atoms with Gasteiger partial charge in [-0.2, -0.15) is 0 Å². The zero-order chi connectivity index (χ0) is 14.7. The molecule has 6 heteroatoms. The van der Waals surface area contributed by atoms with Crippen molar-refractivity contribution in [2.75, 3.05) is 5.32 Å². The molecule has 0 fully saturated rings. The van der Waals surface area contributed by atoms with Gasteiger partial charge in [-0.3, -0.25) is 4.79 Å². The van der Waals surface area contributed by atoms with Crippen molar-refractivity contribution in [1.82, 2.24) is 4.98 Å². The molecular formula is C14H11BrN2O3. The van der Waals surface area contributed by atoms with Crippen LogP contribution in [0.3, 0.4) is 0 Å². The van der Waals surface area contributed by atoms with E-state index in [0.29, 0.717) is 11.3 Å². The second-order valence-electron chi connectivity index (χ2n) is 4.10. The molecule has 0 saturated carbocycles. The largest absolute Gasteiger partial charge is 0.477 e. The third kappa shape index (κ3) is 3.03. The van der Waals surface area contributed by atoms with E-state index in [0.717, 1.165) is 10.0 Å². The van der Waals surface area contributed by atoms with Gasteiger partial charge in [-0.25, -0.2) is 9.78 Å². The Morgan fingerprint density at radius 1 is 1.25 bits per heavy atom. The fourth-order valence-corrected chi connectivity index (χ4v) is 2.01. The molecule has 20 heavy (non-hydrogen) atoms. The normalized spacial score (nSPS) is 10.1. The number of carboxylic acids is 1. The van der Waals surface area contributed by atoms with Gasteiger partial charge in [0.15, 0.2) is 0 Å². The van der Waals surface area contributed by atoms with Crippen molar-refractivity contribution in [3.8, 4) is 0 Å². The second kappa shape index (κ2) is 5.83. The fraction of sp³-hybridized carbons (Fsp3) is 0.0714. The Bertz CT molecular complexity index is 669. The summed E-state index contributed by atoms with van der Waals surface area (Å²) < 4.78 is 0.851. The molecule has 1 aromatic heterocycles. The Balaban J connectivity index is 2.19. The third-order valence-electron chi connectivity index (χ3n) is 2.75. The number of hydrogen-bond acceptors (Lipinski definition) is 3. The Morgan fingerprint density at radius 3 is 2.60 bits per heavy atom. The quantitative estimate of drug-likeness (QED) is 0.903. The van der Waals surface area contributed by atoms with E-state index >= 15 is 0 Å². The molecular weight excluding hydrogens is 324 g/mol. The van der Waals surface area contributed by atoms with Crippen molar-refractivity contribution < 1.29 is 14.7 Å². The first-order valence-electron chi connectivity index (χ1n) is 5.75. The minimum atomic E-state index is -1.11. The molecule has 0 atom stereocenters. The number of halogens is 1. The van der Waals surface area contributed by atoms with E-state index < -0.39 is 5.97 Å². The molecule has 0 aliphatic heterocycles. The standard InChI is InChI=1S/C14H11BrN2O3/c1-8-10(3-2-4-11(8)15)13(18)17-9-5-6-12(14(19)20)16-7-9/h2-7H,1H3,(H,17,18)(H,19,20). The Morgan fingerprint density at radius 2 is 2.00 bits per heavy atom. The summed E-state index contributed by atoms with van der Waals surface area (Å²) in [5, 5.41) is 11.4. The van der Waals surface area contributed by atoms with Gasteiger partial charge in [0.1, 0.15) is 5.69 Å². The van der Waals surface area contributed by atoms with Gasteiger partial charge in [-0.1, -0.05) is 22.0 Å². The van der Waals surface area contributed by atoms with E-state index in [4.69, 9.17) is 5.11 Å². The Kier molecular flexibility index (Phi) is 4.14. The summed E-state index contributed by atoms with van der Waals surface area (Å²) in [4.78, 5) is 26.6. The van der Waals surface area contributed by atoms with Crippen molar-refractivity contribution >= 4 is 33.5 Å². The molecule has 0 unspecified atom stereocenters. The van der Waals surface area contributed by atoms with Crippen molar-refractivity contribution in [3.05, 3.63) is 57.8 Å². The summed E-state index contributed by atoms with van der Waals surface area (Å²) in [7, 11) is 0. The highest BCUT2D eigenvalue weighted by Gasteiger charge is 2.11. The highest BCUT2D eigenvalue weighted by atomic mass is 79.9. The summed E-state index contributed by atoms with van der Waals surface area (Å²) >= 11 is 3.37. The molecule has 0 bridgehead atoms. The predicted octanol–water partition coefficient (Wildman–Crippen LogP) is 3.10. The number of benzene rings is 1. The van der Waals surface area contributed by atoms with E-state index in [2.05, 4.69) is 26.2 Å². The molecule has 0 radical (unpaired) electrons. The molecule has 5 nitrogen and oxygen atoms in total. The van der Waals surface area contributed by atoms with Crippen LogP contribution in [-0.4, -0.2) is 22.0 Å². The average molecular weight is 335 g/mol. The number of pyridine rings is 1. The van der Waals surface area contributed by atoms with Gasteiger partial charge in [0.05, 0.1) is 11.9 Å². The topological polar surface area (TPSA) is 79.3 Å². The first kappa shape index (κ1) is 14.2. The molecule has 2 rings (SSSR count). The molecule has 1 heterocycles. The summed E-state index contributed by atoms with van der Waals surface area (Å²) in [6, 6.07) is 8.19. The minimum absolute atomic E-state index is 0.0679. The zero-order valence-corrected chi connectivity index (χ0v) is 12.1. The van der Waals surface area contributed by atoms with Crippen molar-refractivity contribution in [1.29, 1.82) is 0 Å². The van der Waals surface area contributed by atoms with E-state index in [-0.39, 0.29) is 11.6 Å². The van der Waals surface area contributed by atoms with E-state index in [1.165, 1.54) is 18.3 Å². The van der Waals surface area contributed by atoms with Gasteiger partial charge < -0.3 is 10.4 Å². The highest BCUT2D eigenvalue weighted by molar-refractivity contribution is 9.10. The van der Waals surface area contributed by atoms with Crippen LogP contribution in [0.4, 0.5) is 5.69 Å². The molecule has 2 aromatic rings. The third-order valence-corrected chi connectivity index (χ3v) is 3.61. The van der Waals surface area contributed by atoms with Crippen LogP contribution in [0, 0.1) is 6.92 Å². The van der Waals surface area contributed by atoms with Gasteiger partial charge in [-0.15, -0.1) is 0 Å². The number of nitrogens with zero attached hydrogens (tertiary/aromatic N) is 1. The SMILES string of the molecule is Cc1c(Br)cccc1C(=O)Nc1ccc(C(=O)O)nc1. The lowest BCUT2D eigenvalue weighted by molar-refractivity contribution is 0.0690. The van der Waals surface area contributed by atoms with Crippen LogP contribution in [0.2, 0.25) is 0 Å². The summed E-state index contributed by atoms with van der Waals surface area (Å²) in [5.41, 5.74) is 1.75. The van der Waals surface area contributed by atoms with Crippen molar-refractivity contribution in [2.24, 2.45) is 0 Å². The average Bonchev–Trinajstić information content (AvgIpc) is 2.42. The maximum Gasteiger partial charge on any atom is 0.354 e. The number of anilines is 1. The Labute approximate surface area is 123 Å². The van der Waals surface area contributed by atoms with Crippen molar-refractivity contribution in [2.45, 2.75) is 6.92 Å². The van der Waals surface area contributed by atoms with Crippen LogP contribution in [0.25, 0.3) is 0 Å². The number of rotatable bonds is 3. The molecule has 0 aliphatic carbocycles. The smallest absolute Gasteiger partial charge is 0.354 e. The number of aromatic nitrogens is 1. The van der Waals surface area contributed by atoms with E-state index in [9.17, 15) is 9.59 Å². The first-order valence-corrected chi connectivity index (χ1v) is 6.54. The van der Waals surface area contributed by atoms with E-state index in [1.54, 1.807) is 12.1 Å². The van der Waals surface area contributed by atoms with Crippen LogP contribution in [-0.2, 0) is 0 Å². The molecule has 0 spiro atoms. The number of aromatic carboxylic acids is 1. The highest BCUT2D eigenvalue weighted by Crippen LogP contribution is 2.20. The summed E-state index contributed by atoms with van der Waals surface area (Å²) in [6.45, 7) is 1.84. The lowest BCUT2D eigenvalue weighted by Crippen LogP contribution is -2.14. The van der Waals surface area contributed by atoms with Crippen LogP contribution < -0.4 is 5.32 Å². The number of hydrogen-bond donors (Lipinski definition) is 2. The van der Waals surface area contributed by atoms with Crippen molar-refractivity contribution in [3.63, 3.8) is 0 Å². The molecule has 2 N–H and O–H groups in total. The first-order chi connectivity index (χ1) is 9.49.